The smallest absolute Gasteiger partial charge is 0.408 e. The summed E-state index contributed by atoms with van der Waals surface area (Å²) in [6, 6.07) is 19.3. The standard InChI is InChI=1S/C29H29N5O5/c1-28(2,3)34(27(37)38)29(14-20(35)15-29)19-11-9-18(10-12-19)24-21(17-7-5-4-6-8-17)13-22-25(30-24)39-16-23-31-32-26(36)33(22)23/h4-13,20,35H,14-16H2,1-3H3,(H,32,36)(H,37,38). The number of ether oxygens (including phenoxy) is 1. The summed E-state index contributed by atoms with van der Waals surface area (Å²) in [4.78, 5) is 31.2. The molecule has 1 aliphatic carbocycles. The van der Waals surface area contributed by atoms with Gasteiger partial charge in [-0.15, -0.1) is 0 Å². The van der Waals surface area contributed by atoms with Gasteiger partial charge in [0.15, 0.2) is 12.4 Å². The lowest BCUT2D eigenvalue weighted by Crippen LogP contribution is -2.64. The van der Waals surface area contributed by atoms with Crippen LogP contribution in [0.3, 0.4) is 0 Å². The van der Waals surface area contributed by atoms with Crippen molar-refractivity contribution in [3.05, 3.63) is 82.5 Å². The van der Waals surface area contributed by atoms with Crippen LogP contribution >= 0.6 is 0 Å². The van der Waals surface area contributed by atoms with E-state index in [0.29, 0.717) is 35.9 Å². The van der Waals surface area contributed by atoms with Crippen LogP contribution in [0.4, 0.5) is 4.79 Å². The molecule has 0 unspecified atom stereocenters. The van der Waals surface area contributed by atoms with E-state index in [9.17, 15) is 19.8 Å². The number of carbonyl (C=O) groups is 1. The van der Waals surface area contributed by atoms with Crippen LogP contribution < -0.4 is 10.4 Å². The number of carboxylic acid groups (broad SMARTS) is 1. The van der Waals surface area contributed by atoms with Crippen LogP contribution in [0.25, 0.3) is 28.1 Å². The Kier molecular flexibility index (Phi) is 5.62. The molecule has 0 spiro atoms. The fraction of sp³-hybridized carbons (Fsp3) is 0.310. The number of nitrogens with zero attached hydrogens (tertiary/aromatic N) is 4. The highest BCUT2D eigenvalue weighted by molar-refractivity contribution is 5.83. The minimum absolute atomic E-state index is 0.116. The highest BCUT2D eigenvalue weighted by atomic mass is 16.5. The maximum absolute atomic E-state index is 12.5. The predicted molar refractivity (Wildman–Crippen MR) is 144 cm³/mol. The van der Waals surface area contributed by atoms with Gasteiger partial charge in [0.25, 0.3) is 0 Å². The van der Waals surface area contributed by atoms with E-state index in [1.165, 1.54) is 9.47 Å². The summed E-state index contributed by atoms with van der Waals surface area (Å²) in [5.41, 5.74) is 2.69. The van der Waals surface area contributed by atoms with Gasteiger partial charge in [-0.2, -0.15) is 5.10 Å². The van der Waals surface area contributed by atoms with Gasteiger partial charge in [0.05, 0.1) is 17.3 Å². The van der Waals surface area contributed by atoms with Gasteiger partial charge in [0.2, 0.25) is 5.88 Å². The number of aliphatic hydroxyl groups is 1. The number of aliphatic hydroxyl groups excluding tert-OH is 1. The average molecular weight is 528 g/mol. The van der Waals surface area contributed by atoms with E-state index in [1.807, 2.05) is 81.4 Å². The molecular weight excluding hydrogens is 498 g/mol. The molecule has 2 aromatic carbocycles. The SMILES string of the molecule is CC(C)(C)N(C(=O)O)C1(c2ccc(-c3nc4c(cc3-c3ccccc3)-n3c(n[nH]c3=O)CO4)cc2)CC(O)C1. The number of hydrogen-bond acceptors (Lipinski definition) is 6. The summed E-state index contributed by atoms with van der Waals surface area (Å²) in [6.45, 7) is 5.70. The van der Waals surface area contributed by atoms with E-state index in [1.54, 1.807) is 0 Å². The second-order valence-corrected chi connectivity index (χ2v) is 11.1. The summed E-state index contributed by atoms with van der Waals surface area (Å²) in [7, 11) is 0. The molecule has 0 radical (unpaired) electrons. The largest absolute Gasteiger partial charge is 0.468 e. The van der Waals surface area contributed by atoms with Crippen LogP contribution in [0.2, 0.25) is 0 Å². The summed E-state index contributed by atoms with van der Waals surface area (Å²) >= 11 is 0. The van der Waals surface area contributed by atoms with Gasteiger partial charge in [-0.1, -0.05) is 54.6 Å². The van der Waals surface area contributed by atoms with Crippen molar-refractivity contribution < 1.29 is 19.7 Å². The maximum Gasteiger partial charge on any atom is 0.408 e. The minimum atomic E-state index is -1.02. The van der Waals surface area contributed by atoms with Gasteiger partial charge < -0.3 is 14.9 Å². The number of hydrogen-bond donors (Lipinski definition) is 3. The van der Waals surface area contributed by atoms with E-state index in [4.69, 9.17) is 9.72 Å². The third-order valence-electron chi connectivity index (χ3n) is 7.51. The molecule has 2 aliphatic rings. The summed E-state index contributed by atoms with van der Waals surface area (Å²) in [6.07, 6.45) is -0.919. The summed E-state index contributed by atoms with van der Waals surface area (Å²) in [5, 5.41) is 26.9. The van der Waals surface area contributed by atoms with Crippen LogP contribution in [0.5, 0.6) is 5.88 Å². The van der Waals surface area contributed by atoms with E-state index in [0.717, 1.165) is 22.3 Å². The monoisotopic (exact) mass is 527 g/mol. The van der Waals surface area contributed by atoms with E-state index < -0.39 is 23.3 Å². The number of aromatic amines is 1. The second-order valence-electron chi connectivity index (χ2n) is 11.1. The quantitative estimate of drug-likeness (QED) is 0.360. The lowest BCUT2D eigenvalue weighted by atomic mass is 9.67. The molecular formula is C29H29N5O5. The van der Waals surface area contributed by atoms with Gasteiger partial charge in [-0.3, -0.25) is 4.90 Å². The lowest BCUT2D eigenvalue weighted by Gasteiger charge is -2.56. The molecule has 6 rings (SSSR count). The second kappa shape index (κ2) is 8.81. The molecule has 10 heteroatoms. The zero-order valence-electron chi connectivity index (χ0n) is 21.9. The third kappa shape index (κ3) is 3.99. The Labute approximate surface area is 224 Å². The van der Waals surface area contributed by atoms with E-state index in [-0.39, 0.29) is 12.3 Å². The van der Waals surface area contributed by atoms with Crippen LogP contribution in [-0.2, 0) is 12.1 Å². The van der Waals surface area contributed by atoms with E-state index in [2.05, 4.69) is 10.2 Å². The molecule has 1 saturated carbocycles. The zero-order valence-corrected chi connectivity index (χ0v) is 21.9. The van der Waals surface area contributed by atoms with Crippen molar-refractivity contribution in [3.8, 4) is 34.0 Å². The Hall–Kier alpha value is -4.44. The van der Waals surface area contributed by atoms with Crippen molar-refractivity contribution in [2.24, 2.45) is 0 Å². The summed E-state index contributed by atoms with van der Waals surface area (Å²) < 4.78 is 7.35. The minimum Gasteiger partial charge on any atom is -0.468 e. The normalized spacial score (nSPS) is 19.8. The number of benzene rings is 2. The fourth-order valence-electron chi connectivity index (χ4n) is 5.94. The zero-order chi connectivity index (χ0) is 27.5. The molecule has 4 aromatic rings. The lowest BCUT2D eigenvalue weighted by molar-refractivity contribution is -0.0973. The average Bonchev–Trinajstić information content (AvgIpc) is 3.27. The molecule has 3 N–H and O–H groups in total. The molecule has 10 nitrogen and oxygen atoms in total. The molecule has 2 aromatic heterocycles. The Morgan fingerprint density at radius 1 is 1.10 bits per heavy atom. The highest BCUT2D eigenvalue weighted by Gasteiger charge is 2.54. The first-order valence-electron chi connectivity index (χ1n) is 12.8. The molecule has 0 bridgehead atoms. The number of aromatic nitrogens is 4. The molecule has 0 atom stereocenters. The van der Waals surface area contributed by atoms with Gasteiger partial charge in [0, 0.05) is 29.5 Å². The number of amides is 1. The Balaban J connectivity index is 1.48. The maximum atomic E-state index is 12.5. The van der Waals surface area contributed by atoms with Crippen molar-refractivity contribution >= 4 is 6.09 Å². The van der Waals surface area contributed by atoms with Gasteiger partial charge in [-0.25, -0.2) is 24.2 Å². The Bertz CT molecular complexity index is 1610. The van der Waals surface area contributed by atoms with Crippen LogP contribution in [0, 0.1) is 0 Å². The van der Waals surface area contributed by atoms with Crippen LogP contribution in [0.15, 0.2) is 65.5 Å². The first kappa shape index (κ1) is 24.9. The number of rotatable bonds is 4. The van der Waals surface area contributed by atoms with Crippen molar-refractivity contribution in [2.45, 2.75) is 57.4 Å². The third-order valence-corrected chi connectivity index (χ3v) is 7.51. The number of pyridine rings is 1. The molecule has 39 heavy (non-hydrogen) atoms. The van der Waals surface area contributed by atoms with Gasteiger partial charge >= 0.3 is 11.8 Å². The fourth-order valence-corrected chi connectivity index (χ4v) is 5.94. The van der Waals surface area contributed by atoms with Crippen molar-refractivity contribution in [1.29, 1.82) is 0 Å². The van der Waals surface area contributed by atoms with E-state index >= 15 is 0 Å². The molecule has 200 valence electrons. The van der Waals surface area contributed by atoms with Crippen LogP contribution in [0.1, 0.15) is 45.0 Å². The molecule has 0 saturated heterocycles. The molecule has 1 fully saturated rings. The molecule has 1 aliphatic heterocycles. The van der Waals surface area contributed by atoms with Crippen LogP contribution in [-0.4, -0.2) is 52.6 Å². The Morgan fingerprint density at radius 3 is 2.41 bits per heavy atom. The first-order valence-corrected chi connectivity index (χ1v) is 12.8. The van der Waals surface area contributed by atoms with Crippen molar-refractivity contribution in [3.63, 3.8) is 0 Å². The number of H-pyrrole nitrogens is 1. The Morgan fingerprint density at radius 2 is 1.79 bits per heavy atom. The highest BCUT2D eigenvalue weighted by Crippen LogP contribution is 2.50. The molecule has 3 heterocycles. The topological polar surface area (TPSA) is 134 Å². The molecule has 1 amide bonds. The number of fused-ring (bicyclic) bond motifs is 3. The predicted octanol–water partition coefficient (Wildman–Crippen LogP) is 4.31. The van der Waals surface area contributed by atoms with Gasteiger partial charge in [0.1, 0.15) is 5.69 Å². The van der Waals surface area contributed by atoms with Crippen molar-refractivity contribution in [1.82, 2.24) is 24.6 Å². The number of nitrogens with one attached hydrogen (secondary N) is 1. The summed E-state index contributed by atoms with van der Waals surface area (Å²) in [5.74, 6) is 0.799. The first-order chi connectivity index (χ1) is 18.6. The van der Waals surface area contributed by atoms with Gasteiger partial charge in [-0.05, 0) is 38.0 Å². The van der Waals surface area contributed by atoms with Crippen molar-refractivity contribution in [2.75, 3.05) is 0 Å².